The van der Waals surface area contributed by atoms with Crippen molar-refractivity contribution >= 4 is 12.1 Å². The molecule has 2 nitrogen and oxygen atoms in total. The number of fused-ring (bicyclic) bond motifs is 5. The smallest absolute Gasteiger partial charge is 0.155 e. The van der Waals surface area contributed by atoms with Gasteiger partial charge < -0.3 is 0 Å². The lowest BCUT2D eigenvalue weighted by atomic mass is 9.62. The highest BCUT2D eigenvalue weighted by Crippen LogP contribution is 2.60. The molecule has 0 aliphatic heterocycles. The monoisotopic (exact) mass is 570 g/mol. The minimum Gasteiger partial charge on any atom is -0.261 e. The van der Waals surface area contributed by atoms with Crippen molar-refractivity contribution in [1.29, 1.82) is 0 Å². The molecule has 2 unspecified atom stereocenters. The maximum atomic E-state index is 5.12. The van der Waals surface area contributed by atoms with Crippen LogP contribution in [0.25, 0.3) is 22.3 Å². The minimum absolute atomic E-state index is 0.127. The molecule has 2 heteroatoms. The second-order valence-corrected chi connectivity index (χ2v) is 12.1. The van der Waals surface area contributed by atoms with Gasteiger partial charge in [-0.1, -0.05) is 153 Å². The minimum atomic E-state index is -0.127. The summed E-state index contributed by atoms with van der Waals surface area (Å²) >= 11 is 0. The third kappa shape index (κ3) is 4.95. The molecule has 0 amide bonds. The number of benzene rings is 5. The van der Waals surface area contributed by atoms with Gasteiger partial charge in [-0.15, -0.1) is 0 Å². The van der Waals surface area contributed by atoms with Gasteiger partial charge in [0.1, 0.15) is 0 Å². The fraction of sp³-hybridized carbons (Fsp3) is 0.190. The molecule has 0 heterocycles. The third-order valence-electron chi connectivity index (χ3n) is 9.67. The molecule has 1 fully saturated rings. The van der Waals surface area contributed by atoms with Gasteiger partial charge in [0.2, 0.25) is 0 Å². The molecule has 7 rings (SSSR count). The van der Waals surface area contributed by atoms with E-state index in [1.54, 1.807) is 0 Å². The molecule has 0 saturated heterocycles. The molecule has 1 saturated carbocycles. The Morgan fingerprint density at radius 2 is 1.41 bits per heavy atom. The van der Waals surface area contributed by atoms with E-state index < -0.39 is 0 Å². The summed E-state index contributed by atoms with van der Waals surface area (Å²) in [5.41, 5.74) is 12.4. The molecule has 216 valence electrons. The normalized spacial score (nSPS) is 19.3. The molecular formula is C42H38N2. The number of nitrogens with zero attached hydrogens (tertiary/aromatic N) is 2. The summed E-state index contributed by atoms with van der Waals surface area (Å²) in [5.74, 6) is 1.46. The third-order valence-corrected chi connectivity index (χ3v) is 9.67. The van der Waals surface area contributed by atoms with Gasteiger partial charge in [0.05, 0.1) is 6.54 Å². The van der Waals surface area contributed by atoms with E-state index in [9.17, 15) is 0 Å². The van der Waals surface area contributed by atoms with E-state index in [4.69, 9.17) is 16.6 Å². The van der Waals surface area contributed by atoms with Crippen LogP contribution in [-0.4, -0.2) is 12.1 Å². The number of hydrogen-bond donors (Lipinski definition) is 0. The lowest BCUT2D eigenvalue weighted by Gasteiger charge is -2.41. The Balaban J connectivity index is 1.39. The SMILES string of the molecule is C=C1CC(CC)CCC12c1ccccc1-c1c(-c3ccccc3C(=N/Cc3ccccc3)/N=C/c3ccccc3)cccc12. The van der Waals surface area contributed by atoms with Crippen molar-refractivity contribution in [3.8, 4) is 22.3 Å². The molecule has 2 aliphatic rings. The summed E-state index contributed by atoms with van der Waals surface area (Å²) in [5, 5.41) is 0. The van der Waals surface area contributed by atoms with Crippen LogP contribution in [0.1, 0.15) is 60.4 Å². The van der Waals surface area contributed by atoms with Gasteiger partial charge >= 0.3 is 0 Å². The second kappa shape index (κ2) is 12.1. The lowest BCUT2D eigenvalue weighted by Crippen LogP contribution is -2.33. The first kappa shape index (κ1) is 28.0. The van der Waals surface area contributed by atoms with Crippen molar-refractivity contribution in [3.05, 3.63) is 167 Å². The first-order valence-electron chi connectivity index (χ1n) is 15.9. The molecule has 5 aromatic rings. The predicted molar refractivity (Wildman–Crippen MR) is 186 cm³/mol. The predicted octanol–water partition coefficient (Wildman–Crippen LogP) is 10.5. The highest BCUT2D eigenvalue weighted by atomic mass is 14.9. The van der Waals surface area contributed by atoms with Crippen LogP contribution in [0.3, 0.4) is 0 Å². The van der Waals surface area contributed by atoms with Crippen LogP contribution in [0.4, 0.5) is 0 Å². The number of hydrogen-bond acceptors (Lipinski definition) is 1. The molecule has 2 atom stereocenters. The summed E-state index contributed by atoms with van der Waals surface area (Å²) in [4.78, 5) is 10.1. The summed E-state index contributed by atoms with van der Waals surface area (Å²) in [6, 6.07) is 45.2. The Morgan fingerprint density at radius 1 is 0.750 bits per heavy atom. The zero-order valence-corrected chi connectivity index (χ0v) is 25.4. The fourth-order valence-electron chi connectivity index (χ4n) is 7.39. The van der Waals surface area contributed by atoms with Gasteiger partial charge in [-0.05, 0) is 69.7 Å². The van der Waals surface area contributed by atoms with Gasteiger partial charge in [0, 0.05) is 17.2 Å². The Labute approximate surface area is 261 Å². The van der Waals surface area contributed by atoms with E-state index in [1.807, 2.05) is 30.5 Å². The van der Waals surface area contributed by atoms with E-state index in [-0.39, 0.29) is 5.41 Å². The van der Waals surface area contributed by atoms with Crippen molar-refractivity contribution in [1.82, 2.24) is 0 Å². The van der Waals surface area contributed by atoms with Crippen LogP contribution in [0, 0.1) is 5.92 Å². The van der Waals surface area contributed by atoms with E-state index in [0.717, 1.165) is 46.8 Å². The summed E-state index contributed by atoms with van der Waals surface area (Å²) in [7, 11) is 0. The van der Waals surface area contributed by atoms with Gasteiger partial charge in [0.25, 0.3) is 0 Å². The Kier molecular flexibility index (Phi) is 7.66. The molecule has 0 radical (unpaired) electrons. The summed E-state index contributed by atoms with van der Waals surface area (Å²) in [6.45, 7) is 7.64. The summed E-state index contributed by atoms with van der Waals surface area (Å²) < 4.78 is 0. The fourth-order valence-corrected chi connectivity index (χ4v) is 7.39. The second-order valence-electron chi connectivity index (χ2n) is 12.1. The van der Waals surface area contributed by atoms with Gasteiger partial charge in [0.15, 0.2) is 5.84 Å². The first-order valence-corrected chi connectivity index (χ1v) is 15.9. The molecule has 0 N–H and O–H groups in total. The maximum Gasteiger partial charge on any atom is 0.155 e. The topological polar surface area (TPSA) is 24.7 Å². The van der Waals surface area contributed by atoms with Gasteiger partial charge in [-0.2, -0.15) is 0 Å². The Morgan fingerprint density at radius 3 is 2.18 bits per heavy atom. The largest absolute Gasteiger partial charge is 0.261 e. The number of aliphatic imine (C=N–C) groups is 2. The molecule has 0 aromatic heterocycles. The van der Waals surface area contributed by atoms with Crippen molar-refractivity contribution in [2.75, 3.05) is 0 Å². The Bertz CT molecular complexity index is 1870. The van der Waals surface area contributed by atoms with E-state index in [2.05, 4.69) is 110 Å². The standard InChI is InChI=1S/C42H38N2/c1-3-31-25-26-42(30(2)27-31)38-23-13-12-21-37(38)40-35(22-14-24-39(40)42)34-19-10-11-20-36(34)41(43-28-32-15-6-4-7-16-32)44-29-33-17-8-5-9-18-33/h4-24,28,31H,2-3,25-27,29H2,1H3/b43-28+,44-41-. The zero-order chi connectivity index (χ0) is 29.9. The van der Waals surface area contributed by atoms with Crippen LogP contribution < -0.4 is 0 Å². The average Bonchev–Trinajstić information content (AvgIpc) is 3.37. The average molecular weight is 571 g/mol. The van der Waals surface area contributed by atoms with Crippen LogP contribution in [0.5, 0.6) is 0 Å². The van der Waals surface area contributed by atoms with Crippen molar-refractivity contribution < 1.29 is 0 Å². The van der Waals surface area contributed by atoms with Crippen LogP contribution in [0.2, 0.25) is 0 Å². The van der Waals surface area contributed by atoms with Crippen LogP contribution in [0.15, 0.2) is 150 Å². The molecule has 0 bridgehead atoms. The summed E-state index contributed by atoms with van der Waals surface area (Å²) in [6.07, 6.45) is 6.58. The van der Waals surface area contributed by atoms with E-state index in [1.165, 1.54) is 46.2 Å². The van der Waals surface area contributed by atoms with E-state index >= 15 is 0 Å². The number of allylic oxidation sites excluding steroid dienone is 1. The Hall–Kier alpha value is -4.82. The molecule has 2 aliphatic carbocycles. The number of rotatable bonds is 6. The van der Waals surface area contributed by atoms with E-state index in [0.29, 0.717) is 6.54 Å². The van der Waals surface area contributed by atoms with Crippen molar-refractivity contribution in [2.24, 2.45) is 15.9 Å². The van der Waals surface area contributed by atoms with Crippen LogP contribution in [-0.2, 0) is 12.0 Å². The molecule has 5 aromatic carbocycles. The molecule has 1 spiro atoms. The van der Waals surface area contributed by atoms with Crippen molar-refractivity contribution in [2.45, 2.75) is 44.6 Å². The van der Waals surface area contributed by atoms with Gasteiger partial charge in [-0.25, -0.2) is 4.99 Å². The zero-order valence-electron chi connectivity index (χ0n) is 25.4. The highest BCUT2D eigenvalue weighted by Gasteiger charge is 2.48. The number of amidine groups is 1. The maximum absolute atomic E-state index is 5.12. The first-order chi connectivity index (χ1) is 21.7. The van der Waals surface area contributed by atoms with Gasteiger partial charge in [-0.3, -0.25) is 4.99 Å². The van der Waals surface area contributed by atoms with Crippen LogP contribution >= 0.6 is 0 Å². The van der Waals surface area contributed by atoms with Crippen molar-refractivity contribution in [3.63, 3.8) is 0 Å². The molecule has 44 heavy (non-hydrogen) atoms. The molecular weight excluding hydrogens is 532 g/mol. The lowest BCUT2D eigenvalue weighted by molar-refractivity contribution is 0.338. The quantitative estimate of drug-likeness (QED) is 0.110. The highest BCUT2D eigenvalue weighted by molar-refractivity contribution is 6.10.